The van der Waals surface area contributed by atoms with E-state index < -0.39 is 0 Å². The Morgan fingerprint density at radius 3 is 2.83 bits per heavy atom. The topological polar surface area (TPSA) is 21.3 Å². The first-order valence-corrected chi connectivity index (χ1v) is 7.08. The molecule has 1 heterocycles. The number of nitrogens with one attached hydrogen (secondary N) is 1. The normalized spacial score (nSPS) is 12.4. The van der Waals surface area contributed by atoms with Crippen LogP contribution in [0.25, 0.3) is 0 Å². The smallest absolute Gasteiger partial charge is 0.142 e. The first-order chi connectivity index (χ1) is 8.69. The van der Waals surface area contributed by atoms with Gasteiger partial charge in [-0.3, -0.25) is 0 Å². The van der Waals surface area contributed by atoms with Crippen molar-refractivity contribution >= 4 is 27.3 Å². The number of thiophene rings is 1. The van der Waals surface area contributed by atoms with Crippen LogP contribution < -0.4 is 10.1 Å². The van der Waals surface area contributed by atoms with Crippen LogP contribution in [0.15, 0.2) is 34.1 Å². The maximum atomic E-state index is 14.1. The largest absolute Gasteiger partial charge is 0.496 e. The standard InChI is InChI=1S/C13H13BrFNOS/c1-16-12(13-10(17-2)6-7-18-13)8-4-3-5-9(14)11(8)15/h3-7,12,16H,1-2H3. The maximum absolute atomic E-state index is 14.1. The molecule has 18 heavy (non-hydrogen) atoms. The number of halogens is 2. The SMILES string of the molecule is CNC(c1cccc(Br)c1F)c1sccc1OC. The highest BCUT2D eigenvalue weighted by Crippen LogP contribution is 2.36. The van der Waals surface area contributed by atoms with Crippen molar-refractivity contribution in [1.82, 2.24) is 5.32 Å². The number of hydrogen-bond acceptors (Lipinski definition) is 3. The van der Waals surface area contributed by atoms with Gasteiger partial charge < -0.3 is 10.1 Å². The van der Waals surface area contributed by atoms with E-state index in [2.05, 4.69) is 21.2 Å². The molecule has 2 nitrogen and oxygen atoms in total. The predicted octanol–water partition coefficient (Wildman–Crippen LogP) is 3.97. The third kappa shape index (κ3) is 2.43. The lowest BCUT2D eigenvalue weighted by atomic mass is 10.0. The molecule has 0 saturated heterocycles. The van der Waals surface area contributed by atoms with Crippen LogP contribution in [0.4, 0.5) is 4.39 Å². The van der Waals surface area contributed by atoms with E-state index in [1.807, 2.05) is 24.6 Å². The van der Waals surface area contributed by atoms with Gasteiger partial charge in [-0.1, -0.05) is 12.1 Å². The summed E-state index contributed by atoms with van der Waals surface area (Å²) in [5, 5.41) is 5.07. The minimum atomic E-state index is -0.243. The van der Waals surface area contributed by atoms with Gasteiger partial charge in [-0.2, -0.15) is 0 Å². The Hall–Kier alpha value is -0.910. The van der Waals surface area contributed by atoms with Crippen molar-refractivity contribution in [3.8, 4) is 5.75 Å². The Kier molecular flexibility index (Phi) is 4.37. The fraction of sp³-hybridized carbons (Fsp3) is 0.231. The molecule has 0 fully saturated rings. The van der Waals surface area contributed by atoms with Crippen molar-refractivity contribution in [2.75, 3.05) is 14.2 Å². The number of benzene rings is 1. The third-order valence-corrected chi connectivity index (χ3v) is 4.30. The molecule has 0 aliphatic heterocycles. The van der Waals surface area contributed by atoms with Gasteiger partial charge in [-0.15, -0.1) is 11.3 Å². The quantitative estimate of drug-likeness (QED) is 0.916. The zero-order chi connectivity index (χ0) is 13.1. The van der Waals surface area contributed by atoms with Crippen LogP contribution >= 0.6 is 27.3 Å². The van der Waals surface area contributed by atoms with E-state index in [1.54, 1.807) is 30.6 Å². The second-order valence-electron chi connectivity index (χ2n) is 3.72. The molecule has 1 atom stereocenters. The summed E-state index contributed by atoms with van der Waals surface area (Å²) in [6, 6.07) is 6.97. The highest BCUT2D eigenvalue weighted by atomic mass is 79.9. The van der Waals surface area contributed by atoms with Crippen molar-refractivity contribution in [2.24, 2.45) is 0 Å². The molecule has 1 unspecified atom stereocenters. The zero-order valence-corrected chi connectivity index (χ0v) is 12.4. The van der Waals surface area contributed by atoms with E-state index in [1.165, 1.54) is 0 Å². The molecule has 0 spiro atoms. The Morgan fingerprint density at radius 2 is 2.17 bits per heavy atom. The zero-order valence-electron chi connectivity index (χ0n) is 10.0. The molecule has 0 radical (unpaired) electrons. The van der Waals surface area contributed by atoms with Crippen LogP contribution in [-0.4, -0.2) is 14.2 Å². The fourth-order valence-corrected chi connectivity index (χ4v) is 3.23. The molecular formula is C13H13BrFNOS. The molecule has 0 amide bonds. The van der Waals surface area contributed by atoms with Crippen LogP contribution in [0, 0.1) is 5.82 Å². The molecule has 2 rings (SSSR count). The lowest BCUT2D eigenvalue weighted by Crippen LogP contribution is -2.18. The average Bonchev–Trinajstić information content (AvgIpc) is 2.83. The molecule has 0 aliphatic carbocycles. The number of methoxy groups -OCH3 is 1. The van der Waals surface area contributed by atoms with E-state index in [0.29, 0.717) is 10.0 Å². The lowest BCUT2D eigenvalue weighted by molar-refractivity contribution is 0.408. The average molecular weight is 330 g/mol. The molecule has 96 valence electrons. The van der Waals surface area contributed by atoms with E-state index >= 15 is 0 Å². The van der Waals surface area contributed by atoms with Gasteiger partial charge in [0.25, 0.3) is 0 Å². The van der Waals surface area contributed by atoms with Crippen LogP contribution in [-0.2, 0) is 0 Å². The predicted molar refractivity (Wildman–Crippen MR) is 75.9 cm³/mol. The molecule has 0 aliphatic rings. The summed E-state index contributed by atoms with van der Waals surface area (Å²) in [6.07, 6.45) is 0. The van der Waals surface area contributed by atoms with Gasteiger partial charge in [0.15, 0.2) is 0 Å². The van der Waals surface area contributed by atoms with Gasteiger partial charge >= 0.3 is 0 Å². The molecule has 0 bridgehead atoms. The highest BCUT2D eigenvalue weighted by molar-refractivity contribution is 9.10. The summed E-state index contributed by atoms with van der Waals surface area (Å²) in [7, 11) is 3.43. The van der Waals surface area contributed by atoms with Gasteiger partial charge in [-0.25, -0.2) is 4.39 Å². The highest BCUT2D eigenvalue weighted by Gasteiger charge is 2.21. The Labute approximate surface area is 118 Å². The lowest BCUT2D eigenvalue weighted by Gasteiger charge is -2.18. The van der Waals surface area contributed by atoms with Crippen molar-refractivity contribution in [3.05, 3.63) is 50.4 Å². The molecule has 5 heteroatoms. The number of rotatable bonds is 4. The Bertz CT molecular complexity index is 544. The summed E-state index contributed by atoms with van der Waals surface area (Å²) in [6.45, 7) is 0. The summed E-state index contributed by atoms with van der Waals surface area (Å²) in [4.78, 5) is 0.969. The molecular weight excluding hydrogens is 317 g/mol. The van der Waals surface area contributed by atoms with Gasteiger partial charge in [0, 0.05) is 5.56 Å². The minimum Gasteiger partial charge on any atom is -0.496 e. The van der Waals surface area contributed by atoms with Crippen LogP contribution in [0.3, 0.4) is 0 Å². The molecule has 2 aromatic rings. The first-order valence-electron chi connectivity index (χ1n) is 5.41. The second kappa shape index (κ2) is 5.82. The van der Waals surface area contributed by atoms with E-state index in [9.17, 15) is 4.39 Å². The molecule has 1 N–H and O–H groups in total. The van der Waals surface area contributed by atoms with E-state index in [0.717, 1.165) is 10.6 Å². The van der Waals surface area contributed by atoms with Crippen LogP contribution in [0.2, 0.25) is 0 Å². The van der Waals surface area contributed by atoms with Crippen LogP contribution in [0.5, 0.6) is 5.75 Å². The monoisotopic (exact) mass is 329 g/mol. The minimum absolute atomic E-state index is 0.211. The van der Waals surface area contributed by atoms with Gasteiger partial charge in [-0.05, 0) is 40.5 Å². The molecule has 1 aromatic carbocycles. The maximum Gasteiger partial charge on any atom is 0.142 e. The summed E-state index contributed by atoms with van der Waals surface area (Å²) in [5.74, 6) is 0.533. The summed E-state index contributed by atoms with van der Waals surface area (Å²) in [5.41, 5.74) is 0.604. The third-order valence-electron chi connectivity index (χ3n) is 2.72. The van der Waals surface area contributed by atoms with E-state index in [4.69, 9.17) is 4.74 Å². The summed E-state index contributed by atoms with van der Waals surface area (Å²) < 4.78 is 19.9. The summed E-state index contributed by atoms with van der Waals surface area (Å²) >= 11 is 4.76. The molecule has 0 saturated carbocycles. The van der Waals surface area contributed by atoms with Gasteiger partial charge in [0.1, 0.15) is 11.6 Å². The van der Waals surface area contributed by atoms with E-state index in [-0.39, 0.29) is 11.9 Å². The van der Waals surface area contributed by atoms with Gasteiger partial charge in [0.2, 0.25) is 0 Å². The van der Waals surface area contributed by atoms with Crippen molar-refractivity contribution in [2.45, 2.75) is 6.04 Å². The fourth-order valence-electron chi connectivity index (χ4n) is 1.86. The first kappa shape index (κ1) is 13.5. The molecule has 1 aromatic heterocycles. The Morgan fingerprint density at radius 1 is 1.39 bits per heavy atom. The van der Waals surface area contributed by atoms with Crippen molar-refractivity contribution in [1.29, 1.82) is 0 Å². The van der Waals surface area contributed by atoms with Crippen LogP contribution in [0.1, 0.15) is 16.5 Å². The number of hydrogen-bond donors (Lipinski definition) is 1. The van der Waals surface area contributed by atoms with Crippen molar-refractivity contribution in [3.63, 3.8) is 0 Å². The Balaban J connectivity index is 2.49. The van der Waals surface area contributed by atoms with Crippen molar-refractivity contribution < 1.29 is 9.13 Å². The number of ether oxygens (including phenoxy) is 1. The second-order valence-corrected chi connectivity index (χ2v) is 5.52. The van der Waals surface area contributed by atoms with Gasteiger partial charge in [0.05, 0.1) is 22.5 Å².